The Morgan fingerprint density at radius 3 is 1.19 bits per heavy atom. The molecule has 0 saturated carbocycles. The van der Waals surface area contributed by atoms with Gasteiger partial charge in [-0.3, -0.25) is 0 Å². The molecular formula is C26H42O6. The summed E-state index contributed by atoms with van der Waals surface area (Å²) in [6.07, 6.45) is 5.63. The molecule has 0 radical (unpaired) electrons. The first-order chi connectivity index (χ1) is 15.7. The lowest BCUT2D eigenvalue weighted by molar-refractivity contribution is 0.0309. The smallest absolute Gasteiger partial charge is 0.111 e. The van der Waals surface area contributed by atoms with Gasteiger partial charge in [-0.05, 0) is 49.0 Å². The van der Waals surface area contributed by atoms with E-state index in [0.29, 0.717) is 52.9 Å². The van der Waals surface area contributed by atoms with Gasteiger partial charge in [0.05, 0.1) is 52.2 Å². The first-order valence-electron chi connectivity index (χ1n) is 11.7. The van der Waals surface area contributed by atoms with E-state index < -0.39 is 0 Å². The van der Waals surface area contributed by atoms with Gasteiger partial charge in [-0.1, -0.05) is 38.1 Å². The van der Waals surface area contributed by atoms with Crippen LogP contribution in [0.25, 0.3) is 11.1 Å². The van der Waals surface area contributed by atoms with Crippen molar-refractivity contribution in [3.63, 3.8) is 0 Å². The average Bonchev–Trinajstić information content (AvgIpc) is 2.81. The van der Waals surface area contributed by atoms with Gasteiger partial charge < -0.3 is 28.4 Å². The molecule has 0 saturated heterocycles. The number of hydrogen-bond acceptors (Lipinski definition) is 6. The van der Waals surface area contributed by atoms with Crippen LogP contribution in [0.15, 0.2) is 36.8 Å². The Hall–Kier alpha value is -1.86. The van der Waals surface area contributed by atoms with E-state index in [1.807, 2.05) is 13.8 Å². The highest BCUT2D eigenvalue weighted by Gasteiger charge is 2.00. The third-order valence-electron chi connectivity index (χ3n) is 4.45. The van der Waals surface area contributed by atoms with Crippen molar-refractivity contribution in [3.8, 4) is 0 Å². The normalized spacial score (nSPS) is 12.2. The predicted molar refractivity (Wildman–Crippen MR) is 130 cm³/mol. The van der Waals surface area contributed by atoms with Gasteiger partial charge in [-0.25, -0.2) is 0 Å². The monoisotopic (exact) mass is 450 g/mol. The van der Waals surface area contributed by atoms with Crippen molar-refractivity contribution in [2.75, 3.05) is 66.1 Å². The highest BCUT2D eigenvalue weighted by atomic mass is 16.5. The molecule has 0 spiro atoms. The van der Waals surface area contributed by atoms with Crippen LogP contribution in [-0.2, 0) is 28.4 Å². The molecule has 0 aromatic heterocycles. The summed E-state index contributed by atoms with van der Waals surface area (Å²) < 4.78 is 32.9. The van der Waals surface area contributed by atoms with Crippen LogP contribution >= 0.6 is 0 Å². The maximum atomic E-state index is 5.59. The Balaban J connectivity index is 2.23. The lowest BCUT2D eigenvalue weighted by Crippen LogP contribution is -2.08. The summed E-state index contributed by atoms with van der Waals surface area (Å²) in [4.78, 5) is 0. The molecule has 0 fully saturated rings. The molecule has 0 amide bonds. The summed E-state index contributed by atoms with van der Waals surface area (Å²) in [5.74, 6) is 0. The summed E-state index contributed by atoms with van der Waals surface area (Å²) in [6, 6.07) is 8.34. The molecule has 0 aliphatic rings. The molecule has 6 heteroatoms. The van der Waals surface area contributed by atoms with Crippen LogP contribution in [0.2, 0.25) is 0 Å². The number of benzene rings is 1. The topological polar surface area (TPSA) is 55.4 Å². The fourth-order valence-electron chi connectivity index (χ4n) is 2.65. The fourth-order valence-corrected chi connectivity index (χ4v) is 2.65. The van der Waals surface area contributed by atoms with Crippen LogP contribution in [0.1, 0.15) is 51.7 Å². The standard InChI is InChI=1S/C26H42O6/c1-5-11-27-13-15-29-17-19-31-21-23(3)25-7-9-26(10-8-25)24(4)22-32-20-18-30-16-14-28-12-6-2/h7-10,21-22H,5-6,11-20H2,1-4H3/b23-21-,24-22?. The molecule has 0 N–H and O–H groups in total. The molecule has 0 heterocycles. The summed E-state index contributed by atoms with van der Waals surface area (Å²) >= 11 is 0. The fraction of sp³-hybridized carbons (Fsp3) is 0.615. The number of rotatable bonds is 20. The van der Waals surface area contributed by atoms with Gasteiger partial charge in [0.25, 0.3) is 0 Å². The van der Waals surface area contributed by atoms with Crippen molar-refractivity contribution < 1.29 is 28.4 Å². The second-order valence-corrected chi connectivity index (χ2v) is 7.37. The van der Waals surface area contributed by atoms with Gasteiger partial charge in [0.1, 0.15) is 13.2 Å². The number of allylic oxidation sites excluding steroid dienone is 2. The van der Waals surface area contributed by atoms with Gasteiger partial charge >= 0.3 is 0 Å². The van der Waals surface area contributed by atoms with E-state index in [2.05, 4.69) is 38.1 Å². The molecule has 1 aromatic rings. The Morgan fingerprint density at radius 1 is 0.531 bits per heavy atom. The van der Waals surface area contributed by atoms with E-state index in [-0.39, 0.29) is 0 Å². The van der Waals surface area contributed by atoms with Gasteiger partial charge in [-0.2, -0.15) is 0 Å². The van der Waals surface area contributed by atoms with Gasteiger partial charge in [0.15, 0.2) is 0 Å². The Labute approximate surface area is 194 Å². The average molecular weight is 451 g/mol. The van der Waals surface area contributed by atoms with Gasteiger partial charge in [0.2, 0.25) is 0 Å². The Kier molecular flexibility index (Phi) is 17.4. The summed E-state index contributed by atoms with van der Waals surface area (Å²) in [7, 11) is 0. The van der Waals surface area contributed by atoms with Crippen molar-refractivity contribution in [2.45, 2.75) is 40.5 Å². The minimum atomic E-state index is 0.526. The lowest BCUT2D eigenvalue weighted by Gasteiger charge is -2.08. The molecule has 182 valence electrons. The highest BCUT2D eigenvalue weighted by Crippen LogP contribution is 2.19. The minimum Gasteiger partial charge on any atom is -0.498 e. The summed E-state index contributed by atoms with van der Waals surface area (Å²) in [5.41, 5.74) is 4.38. The van der Waals surface area contributed by atoms with Gasteiger partial charge in [-0.15, -0.1) is 0 Å². The molecule has 1 aromatic carbocycles. The quantitative estimate of drug-likeness (QED) is 0.198. The van der Waals surface area contributed by atoms with E-state index in [4.69, 9.17) is 28.4 Å². The molecule has 6 nitrogen and oxygen atoms in total. The Morgan fingerprint density at radius 2 is 0.844 bits per heavy atom. The number of hydrogen-bond donors (Lipinski definition) is 0. The third-order valence-corrected chi connectivity index (χ3v) is 4.45. The predicted octanol–water partition coefficient (Wildman–Crippen LogP) is 5.33. The molecular weight excluding hydrogens is 408 g/mol. The summed E-state index contributed by atoms with van der Waals surface area (Å²) in [5, 5.41) is 0. The largest absolute Gasteiger partial charge is 0.498 e. The van der Waals surface area contributed by atoms with Crippen LogP contribution in [0.4, 0.5) is 0 Å². The zero-order valence-electron chi connectivity index (χ0n) is 20.4. The van der Waals surface area contributed by atoms with E-state index in [1.165, 1.54) is 0 Å². The molecule has 32 heavy (non-hydrogen) atoms. The van der Waals surface area contributed by atoms with Crippen molar-refractivity contribution in [2.24, 2.45) is 0 Å². The van der Waals surface area contributed by atoms with E-state index in [9.17, 15) is 0 Å². The van der Waals surface area contributed by atoms with Crippen molar-refractivity contribution >= 4 is 11.1 Å². The van der Waals surface area contributed by atoms with Crippen molar-refractivity contribution in [1.29, 1.82) is 0 Å². The van der Waals surface area contributed by atoms with E-state index in [1.54, 1.807) is 12.5 Å². The second-order valence-electron chi connectivity index (χ2n) is 7.37. The SMILES string of the molecule is CCCOCCOCCOC=C(C)c1ccc(/C(C)=C\OCCOCCOCCC)cc1. The minimum absolute atomic E-state index is 0.526. The molecule has 0 atom stereocenters. The lowest BCUT2D eigenvalue weighted by atomic mass is 10.0. The maximum absolute atomic E-state index is 5.59. The number of ether oxygens (including phenoxy) is 6. The zero-order valence-corrected chi connectivity index (χ0v) is 20.4. The van der Waals surface area contributed by atoms with Crippen LogP contribution in [0, 0.1) is 0 Å². The highest BCUT2D eigenvalue weighted by molar-refractivity contribution is 5.68. The maximum Gasteiger partial charge on any atom is 0.111 e. The van der Waals surface area contributed by atoms with Crippen LogP contribution in [-0.4, -0.2) is 66.1 Å². The third kappa shape index (κ3) is 14.2. The van der Waals surface area contributed by atoms with E-state index >= 15 is 0 Å². The zero-order chi connectivity index (χ0) is 23.3. The molecule has 0 bridgehead atoms. The van der Waals surface area contributed by atoms with Crippen molar-refractivity contribution in [1.82, 2.24) is 0 Å². The molecule has 0 aliphatic carbocycles. The van der Waals surface area contributed by atoms with Gasteiger partial charge in [0, 0.05) is 13.2 Å². The second kappa shape index (κ2) is 19.8. The van der Waals surface area contributed by atoms with E-state index in [0.717, 1.165) is 48.3 Å². The summed E-state index contributed by atoms with van der Waals surface area (Å²) in [6.45, 7) is 14.5. The van der Waals surface area contributed by atoms with Crippen LogP contribution in [0.5, 0.6) is 0 Å². The van der Waals surface area contributed by atoms with Crippen LogP contribution in [0.3, 0.4) is 0 Å². The first kappa shape index (κ1) is 28.2. The molecule has 0 unspecified atom stereocenters. The molecule has 0 aliphatic heterocycles. The van der Waals surface area contributed by atoms with Crippen LogP contribution < -0.4 is 0 Å². The Bertz CT molecular complexity index is 569. The van der Waals surface area contributed by atoms with Crippen molar-refractivity contribution in [3.05, 3.63) is 47.9 Å². The first-order valence-corrected chi connectivity index (χ1v) is 11.7. The molecule has 1 rings (SSSR count).